The third-order valence-corrected chi connectivity index (χ3v) is 23.7. The van der Waals surface area contributed by atoms with E-state index in [0.29, 0.717) is 0 Å². The number of hydrogen-bond acceptors (Lipinski definition) is 5. The molecule has 8 aromatic rings. The molecule has 0 spiro atoms. The van der Waals surface area contributed by atoms with Crippen molar-refractivity contribution in [2.24, 2.45) is 0 Å². The van der Waals surface area contributed by atoms with Gasteiger partial charge in [-0.1, -0.05) is 196 Å². The second kappa shape index (κ2) is 25.8. The van der Waals surface area contributed by atoms with E-state index in [2.05, 4.69) is 285 Å². The standard InChI is InChI=1S/C40H42ClN2.C40H40ClN2.C7H8O3S/c2*1-39(2)34(42(5)32-22-18-26-12-7-9-16-30(26)36(32)39)24-20-28-14-11-15-29(38(28)41)21-25-35-40(3,4)37-31-17-10-8-13-27(31)19-23-33(37)43(35)6;1-6-2-4-7(5-3-6)11(8,9)10/h7-10,12,16,18-25H,11,13-15,17H2,1-6H3;7-10,12-13,16-25H,11,14-15H2,1-6H3;2-5H,1H3,(H,8,9,10)/q2*+1;/p-1. The molecule has 0 saturated carbocycles. The van der Waals surface area contributed by atoms with Gasteiger partial charge in [-0.05, 0) is 205 Å². The summed E-state index contributed by atoms with van der Waals surface area (Å²) in [6, 6.07) is 50.2. The van der Waals surface area contributed by atoms with Gasteiger partial charge in [0.1, 0.15) is 24.2 Å². The second-order valence-corrected chi connectivity index (χ2v) is 31.5. The summed E-state index contributed by atoms with van der Waals surface area (Å²) in [5.74, 6) is 0. The monoisotopic (exact) mass is 1340 g/mol. The topological polar surface area (TPSA) is 69.7 Å². The van der Waals surface area contributed by atoms with Crippen LogP contribution in [0, 0.1) is 6.92 Å². The number of halogens is 2. The highest BCUT2D eigenvalue weighted by Crippen LogP contribution is 2.53. The van der Waals surface area contributed by atoms with Gasteiger partial charge in [-0.25, -0.2) is 8.42 Å². The number of allylic oxidation sites excluding steroid dienone is 18. The molecule has 0 N–H and O–H groups in total. The Bertz CT molecular complexity index is 5090. The van der Waals surface area contributed by atoms with E-state index in [1.165, 1.54) is 146 Å². The van der Waals surface area contributed by atoms with Gasteiger partial charge in [0, 0.05) is 93.2 Å². The molecule has 0 amide bonds. The van der Waals surface area contributed by atoms with Gasteiger partial charge >= 0.3 is 0 Å². The maximum atomic E-state index is 10.4. The Morgan fingerprint density at radius 2 is 0.876 bits per heavy atom. The van der Waals surface area contributed by atoms with Crippen LogP contribution in [0.1, 0.15) is 133 Å². The van der Waals surface area contributed by atoms with Crippen LogP contribution in [-0.4, -0.2) is 61.7 Å². The van der Waals surface area contributed by atoms with Crippen molar-refractivity contribution in [2.45, 2.75) is 140 Å². The van der Waals surface area contributed by atoms with Gasteiger partial charge in [-0.3, -0.25) is 0 Å². The van der Waals surface area contributed by atoms with E-state index >= 15 is 0 Å². The van der Waals surface area contributed by atoms with E-state index in [0.717, 1.165) is 67.0 Å². The lowest BCUT2D eigenvalue weighted by Gasteiger charge is -2.25. The van der Waals surface area contributed by atoms with Crippen molar-refractivity contribution in [3.05, 3.63) is 289 Å². The van der Waals surface area contributed by atoms with Gasteiger partial charge in [0.15, 0.2) is 11.4 Å². The van der Waals surface area contributed by atoms with E-state index in [1.807, 2.05) is 6.92 Å². The van der Waals surface area contributed by atoms with Gasteiger partial charge in [0.05, 0.1) is 15.7 Å². The van der Waals surface area contributed by atoms with Crippen LogP contribution in [0.25, 0.3) is 32.3 Å². The highest BCUT2D eigenvalue weighted by atomic mass is 35.5. The molecule has 7 aliphatic rings. The summed E-state index contributed by atoms with van der Waals surface area (Å²) in [5, 5.41) is 9.72. The average Bonchev–Trinajstić information content (AvgIpc) is 1.61. The van der Waals surface area contributed by atoms with Gasteiger partial charge in [-0.15, -0.1) is 0 Å². The van der Waals surface area contributed by atoms with E-state index in [-0.39, 0.29) is 26.6 Å². The fraction of sp³-hybridized carbons (Fsp3) is 0.287. The highest BCUT2D eigenvalue weighted by molar-refractivity contribution is 7.85. The van der Waals surface area contributed by atoms with Crippen LogP contribution < -0.4 is 9.80 Å². The normalized spacial score (nSPS) is 20.6. The van der Waals surface area contributed by atoms with Crippen LogP contribution in [0.4, 0.5) is 22.7 Å². The molecule has 0 bridgehead atoms. The lowest BCUT2D eigenvalue weighted by molar-refractivity contribution is -0.401. The second-order valence-electron chi connectivity index (χ2n) is 29.3. The van der Waals surface area contributed by atoms with Crippen molar-refractivity contribution < 1.29 is 22.1 Å². The fourth-order valence-electron chi connectivity index (χ4n) is 16.9. The third kappa shape index (κ3) is 12.0. The fourth-order valence-corrected chi connectivity index (χ4v) is 18.0. The summed E-state index contributed by atoms with van der Waals surface area (Å²) in [4.78, 5) is 4.54. The summed E-state index contributed by atoms with van der Waals surface area (Å²) in [5.41, 5.74) is 24.6. The number of hydrogen-bond donors (Lipinski definition) is 0. The number of benzene rings is 8. The summed E-state index contributed by atoms with van der Waals surface area (Å²) in [6.45, 7) is 20.6. The van der Waals surface area contributed by atoms with Gasteiger partial charge < -0.3 is 14.4 Å². The maximum absolute atomic E-state index is 10.4. The van der Waals surface area contributed by atoms with Gasteiger partial charge in [0.2, 0.25) is 11.4 Å². The minimum atomic E-state index is -4.27. The van der Waals surface area contributed by atoms with E-state index in [9.17, 15) is 13.0 Å². The van der Waals surface area contributed by atoms with Crippen molar-refractivity contribution in [3.63, 3.8) is 0 Å². The molecule has 0 atom stereocenters. The number of fused-ring (bicyclic) bond motifs is 12. The molecule has 97 heavy (non-hydrogen) atoms. The van der Waals surface area contributed by atoms with E-state index in [4.69, 9.17) is 23.2 Å². The Balaban J connectivity index is 0.000000151. The molecule has 4 heterocycles. The van der Waals surface area contributed by atoms with Crippen molar-refractivity contribution in [1.82, 2.24) is 0 Å². The number of likely N-dealkylation sites (N-methyl/N-ethyl adjacent to an activating group) is 2. The predicted octanol–water partition coefficient (Wildman–Crippen LogP) is 21.3. The molecular formula is C87H89Cl2N4O3S+. The Hall–Kier alpha value is -8.37. The molecule has 7 nitrogen and oxygen atoms in total. The smallest absolute Gasteiger partial charge is 0.210 e. The first-order chi connectivity index (χ1) is 46.2. The molecule has 0 aromatic heterocycles. The van der Waals surface area contributed by atoms with Crippen LogP contribution in [-0.2, 0) is 44.6 Å². The molecular weight excluding hydrogens is 1250 g/mol. The number of nitrogens with zero attached hydrogens (tertiary/aromatic N) is 4. The molecule has 15 rings (SSSR count). The summed E-state index contributed by atoms with van der Waals surface area (Å²) >= 11 is 14.3. The molecule has 0 radical (unpaired) electrons. The molecule has 0 saturated heterocycles. The molecule has 494 valence electrons. The van der Waals surface area contributed by atoms with E-state index in [1.54, 1.807) is 12.1 Å². The number of aryl methyl sites for hydroxylation is 1. The number of rotatable bonds is 7. The maximum Gasteiger partial charge on any atom is 0.210 e. The lowest BCUT2D eigenvalue weighted by atomic mass is 9.76. The van der Waals surface area contributed by atoms with Crippen molar-refractivity contribution in [1.29, 1.82) is 0 Å². The van der Waals surface area contributed by atoms with E-state index < -0.39 is 10.1 Å². The average molecular weight is 1340 g/mol. The quantitative estimate of drug-likeness (QED) is 0.0903. The Morgan fingerprint density at radius 3 is 1.35 bits per heavy atom. The summed E-state index contributed by atoms with van der Waals surface area (Å²) in [6.07, 6.45) is 31.3. The lowest BCUT2D eigenvalue weighted by Crippen LogP contribution is -2.28. The summed E-state index contributed by atoms with van der Waals surface area (Å²) in [7, 11) is 4.53. The van der Waals surface area contributed by atoms with Gasteiger partial charge in [0.25, 0.3) is 0 Å². The first-order valence-corrected chi connectivity index (χ1v) is 36.4. The van der Waals surface area contributed by atoms with Crippen LogP contribution >= 0.6 is 23.2 Å². The minimum Gasteiger partial charge on any atom is -0.744 e. The zero-order chi connectivity index (χ0) is 68.7. The Kier molecular flexibility index (Phi) is 17.9. The first-order valence-electron chi connectivity index (χ1n) is 34.3. The largest absolute Gasteiger partial charge is 0.744 e. The van der Waals surface area contributed by atoms with Crippen LogP contribution in [0.3, 0.4) is 0 Å². The van der Waals surface area contributed by atoms with Crippen LogP contribution in [0.5, 0.6) is 0 Å². The van der Waals surface area contributed by atoms with Crippen LogP contribution in [0.15, 0.2) is 255 Å². The highest BCUT2D eigenvalue weighted by Gasteiger charge is 2.47. The van der Waals surface area contributed by atoms with Crippen molar-refractivity contribution >= 4 is 99.8 Å². The molecule has 0 fully saturated rings. The molecule has 3 aliphatic carbocycles. The van der Waals surface area contributed by atoms with Crippen molar-refractivity contribution in [2.75, 3.05) is 38.0 Å². The molecule has 0 unspecified atom stereocenters. The van der Waals surface area contributed by atoms with Crippen molar-refractivity contribution in [3.8, 4) is 0 Å². The Labute approximate surface area is 585 Å². The first kappa shape index (κ1) is 67.2. The predicted molar refractivity (Wildman–Crippen MR) is 409 cm³/mol. The zero-order valence-corrected chi connectivity index (χ0v) is 60.8. The zero-order valence-electron chi connectivity index (χ0n) is 58.5. The molecule has 10 heteroatoms. The number of anilines is 2. The molecule has 4 aliphatic heterocycles. The summed E-state index contributed by atoms with van der Waals surface area (Å²) < 4.78 is 35.9. The van der Waals surface area contributed by atoms with Gasteiger partial charge in [-0.2, -0.15) is 9.15 Å². The Morgan fingerprint density at radius 1 is 0.464 bits per heavy atom. The molecule has 8 aromatic carbocycles. The SMILES string of the molecule is CN1/C(=C/C=C2/CCCC(/C=C/C3=[N+](C)c4ccc5ccccc5c4C3(C)C)=C2Cl)C(C)(C)c2c1ccc1ccccc21.CN1C(=CC=C2CCCC(C=CC3=[N+](C)c4ccc5c(c4C3(C)C)CC=CC5)=C2Cl)C(C)(C)c2c1ccc1ccccc21.Cc1ccc(S(=O)(=O)[O-])cc1. The van der Waals surface area contributed by atoms with Crippen LogP contribution in [0.2, 0.25) is 0 Å². The third-order valence-electron chi connectivity index (χ3n) is 21.9. The minimum absolute atomic E-state index is 0.0558.